The number of carbonyl (C=O) groups is 1. The number of nitrogens with zero attached hydrogens (tertiary/aromatic N) is 1. The Labute approximate surface area is 100 Å². The van der Waals surface area contributed by atoms with Crippen LogP contribution in [0.2, 0.25) is 0 Å². The number of hydrogen-bond acceptors (Lipinski definition) is 4. The summed E-state index contributed by atoms with van der Waals surface area (Å²) in [6.07, 6.45) is -0.549. The summed E-state index contributed by atoms with van der Waals surface area (Å²) >= 11 is 1.64. The number of methoxy groups -OCH3 is 1. The van der Waals surface area contributed by atoms with Gasteiger partial charge in [0, 0.05) is 25.6 Å². The van der Waals surface area contributed by atoms with Gasteiger partial charge in [-0.05, 0) is 18.4 Å². The monoisotopic (exact) mass is 242 g/mol. The van der Waals surface area contributed by atoms with E-state index >= 15 is 0 Å². The van der Waals surface area contributed by atoms with E-state index in [-0.39, 0.29) is 18.5 Å². The zero-order valence-electron chi connectivity index (χ0n) is 9.84. The third-order valence-electron chi connectivity index (χ3n) is 2.66. The first-order chi connectivity index (χ1) is 7.61. The van der Waals surface area contributed by atoms with Gasteiger partial charge in [-0.3, -0.25) is 4.79 Å². The second-order valence-corrected chi connectivity index (χ2v) is 4.58. The topological polar surface area (TPSA) is 55.6 Å². The molecule has 0 saturated carbocycles. The van der Waals surface area contributed by atoms with Gasteiger partial charge < -0.3 is 15.4 Å². The van der Waals surface area contributed by atoms with E-state index in [2.05, 4.69) is 0 Å². The van der Waals surface area contributed by atoms with Gasteiger partial charge in [0.05, 0.1) is 6.04 Å². The molecule has 2 atom stereocenters. The molecule has 90 valence electrons. The Balaban J connectivity index is 2.70. The van der Waals surface area contributed by atoms with Crippen LogP contribution in [-0.4, -0.2) is 37.6 Å². The van der Waals surface area contributed by atoms with E-state index in [4.69, 9.17) is 10.5 Å². The molecule has 0 spiro atoms. The fraction of sp³-hybridized carbons (Fsp3) is 0.545. The number of ether oxygens (including phenoxy) is 1. The van der Waals surface area contributed by atoms with E-state index in [0.29, 0.717) is 0 Å². The molecule has 5 heteroatoms. The van der Waals surface area contributed by atoms with Gasteiger partial charge in [-0.1, -0.05) is 6.07 Å². The van der Waals surface area contributed by atoms with Crippen LogP contribution in [0, 0.1) is 0 Å². The molecule has 0 aliphatic heterocycles. The number of thiophene rings is 1. The maximum absolute atomic E-state index is 12.0. The molecular formula is C11H18N2O2S. The minimum absolute atomic E-state index is 0.0525. The number of amides is 1. The highest BCUT2D eigenvalue weighted by Crippen LogP contribution is 2.23. The Morgan fingerprint density at radius 2 is 2.38 bits per heavy atom. The van der Waals surface area contributed by atoms with Gasteiger partial charge >= 0.3 is 0 Å². The second kappa shape index (κ2) is 5.98. The molecule has 0 aliphatic carbocycles. The van der Waals surface area contributed by atoms with Gasteiger partial charge in [-0.2, -0.15) is 0 Å². The minimum Gasteiger partial charge on any atom is -0.370 e. The highest BCUT2D eigenvalue weighted by atomic mass is 32.1. The van der Waals surface area contributed by atoms with Gasteiger partial charge in [0.15, 0.2) is 0 Å². The summed E-state index contributed by atoms with van der Waals surface area (Å²) in [5.74, 6) is -0.0779. The van der Waals surface area contributed by atoms with Crippen molar-refractivity contribution in [3.63, 3.8) is 0 Å². The number of hydrogen-bond donors (Lipinski definition) is 1. The van der Waals surface area contributed by atoms with Crippen molar-refractivity contribution in [3.8, 4) is 0 Å². The lowest BCUT2D eigenvalue weighted by Crippen LogP contribution is -2.42. The van der Waals surface area contributed by atoms with Gasteiger partial charge in [0.1, 0.15) is 6.10 Å². The Kier molecular flexibility index (Phi) is 4.92. The number of carbonyl (C=O) groups excluding carboxylic acids is 1. The van der Waals surface area contributed by atoms with Crippen LogP contribution in [0.15, 0.2) is 17.5 Å². The average molecular weight is 242 g/mol. The fourth-order valence-corrected chi connectivity index (χ4v) is 2.26. The molecule has 1 rings (SSSR count). The van der Waals surface area contributed by atoms with Crippen molar-refractivity contribution in [2.45, 2.75) is 19.1 Å². The Morgan fingerprint density at radius 3 is 2.81 bits per heavy atom. The molecule has 4 nitrogen and oxygen atoms in total. The summed E-state index contributed by atoms with van der Waals surface area (Å²) in [5.41, 5.74) is 5.47. The van der Waals surface area contributed by atoms with Gasteiger partial charge in [-0.15, -0.1) is 11.3 Å². The van der Waals surface area contributed by atoms with Crippen LogP contribution in [-0.2, 0) is 9.53 Å². The molecule has 0 fully saturated rings. The van der Waals surface area contributed by atoms with Crippen LogP contribution in [0.5, 0.6) is 0 Å². The molecule has 0 aliphatic rings. The maximum atomic E-state index is 12.0. The average Bonchev–Trinajstić information content (AvgIpc) is 2.82. The van der Waals surface area contributed by atoms with Crippen molar-refractivity contribution in [2.75, 3.05) is 20.7 Å². The van der Waals surface area contributed by atoms with E-state index < -0.39 is 6.10 Å². The quantitative estimate of drug-likeness (QED) is 0.845. The Bertz CT molecular complexity index is 323. The molecule has 0 aromatic carbocycles. The first-order valence-electron chi connectivity index (χ1n) is 5.14. The second-order valence-electron chi connectivity index (χ2n) is 3.60. The van der Waals surface area contributed by atoms with Crippen molar-refractivity contribution in [1.29, 1.82) is 0 Å². The van der Waals surface area contributed by atoms with Crippen molar-refractivity contribution in [2.24, 2.45) is 5.73 Å². The smallest absolute Gasteiger partial charge is 0.253 e. The zero-order chi connectivity index (χ0) is 12.1. The molecule has 2 unspecified atom stereocenters. The minimum atomic E-state index is -0.549. The maximum Gasteiger partial charge on any atom is 0.253 e. The summed E-state index contributed by atoms with van der Waals surface area (Å²) in [4.78, 5) is 14.8. The van der Waals surface area contributed by atoms with Crippen molar-refractivity contribution in [1.82, 2.24) is 4.90 Å². The van der Waals surface area contributed by atoms with Crippen LogP contribution >= 0.6 is 11.3 Å². The number of likely N-dealkylation sites (N-methyl/N-ethyl adjacent to an activating group) is 1. The Morgan fingerprint density at radius 1 is 1.69 bits per heavy atom. The standard InChI is InChI=1S/C11H18N2O2S/c1-8(10-5-4-6-16-10)13(2)11(14)9(7-12)15-3/h4-6,8-9H,7,12H2,1-3H3. The van der Waals surface area contributed by atoms with Crippen LogP contribution in [0.25, 0.3) is 0 Å². The lowest BCUT2D eigenvalue weighted by atomic mass is 10.2. The van der Waals surface area contributed by atoms with Crippen molar-refractivity contribution >= 4 is 17.2 Å². The summed E-state index contributed by atoms with van der Waals surface area (Å²) < 4.78 is 5.04. The lowest BCUT2D eigenvalue weighted by molar-refractivity contribution is -0.141. The highest BCUT2D eigenvalue weighted by molar-refractivity contribution is 7.10. The molecule has 0 saturated heterocycles. The Hall–Kier alpha value is -0.910. The van der Waals surface area contributed by atoms with Gasteiger partial charge in [-0.25, -0.2) is 0 Å². The van der Waals surface area contributed by atoms with E-state index in [1.807, 2.05) is 24.4 Å². The molecule has 0 radical (unpaired) electrons. The van der Waals surface area contributed by atoms with Crippen LogP contribution in [0.1, 0.15) is 17.8 Å². The summed E-state index contributed by atoms with van der Waals surface area (Å²) in [7, 11) is 3.27. The third-order valence-corrected chi connectivity index (χ3v) is 3.70. The molecule has 1 aromatic heterocycles. The van der Waals surface area contributed by atoms with Crippen LogP contribution < -0.4 is 5.73 Å². The summed E-state index contributed by atoms with van der Waals surface area (Å²) in [5, 5.41) is 2.00. The largest absolute Gasteiger partial charge is 0.370 e. The predicted octanol–water partition coefficient (Wildman–Crippen LogP) is 1.24. The molecular weight excluding hydrogens is 224 g/mol. The SMILES string of the molecule is COC(CN)C(=O)N(C)C(C)c1cccs1. The molecule has 0 bridgehead atoms. The van der Waals surface area contributed by atoms with E-state index in [9.17, 15) is 4.79 Å². The van der Waals surface area contributed by atoms with Gasteiger partial charge in [0.25, 0.3) is 5.91 Å². The molecule has 1 heterocycles. The van der Waals surface area contributed by atoms with E-state index in [0.717, 1.165) is 4.88 Å². The van der Waals surface area contributed by atoms with E-state index in [1.54, 1.807) is 23.3 Å². The number of rotatable bonds is 5. The molecule has 1 aromatic rings. The predicted molar refractivity (Wildman–Crippen MR) is 65.4 cm³/mol. The first kappa shape index (κ1) is 13.2. The molecule has 1 amide bonds. The zero-order valence-corrected chi connectivity index (χ0v) is 10.7. The van der Waals surface area contributed by atoms with Crippen molar-refractivity contribution < 1.29 is 9.53 Å². The molecule has 16 heavy (non-hydrogen) atoms. The van der Waals surface area contributed by atoms with Crippen LogP contribution in [0.4, 0.5) is 0 Å². The summed E-state index contributed by atoms with van der Waals surface area (Å²) in [6, 6.07) is 4.05. The first-order valence-corrected chi connectivity index (χ1v) is 6.02. The van der Waals surface area contributed by atoms with Gasteiger partial charge in [0.2, 0.25) is 0 Å². The van der Waals surface area contributed by atoms with Crippen molar-refractivity contribution in [3.05, 3.63) is 22.4 Å². The van der Waals surface area contributed by atoms with E-state index in [1.165, 1.54) is 7.11 Å². The highest BCUT2D eigenvalue weighted by Gasteiger charge is 2.24. The molecule has 2 N–H and O–H groups in total. The summed E-state index contributed by atoms with van der Waals surface area (Å²) in [6.45, 7) is 2.20. The lowest BCUT2D eigenvalue weighted by Gasteiger charge is -2.27. The number of nitrogens with two attached hydrogens (primary N) is 1. The third kappa shape index (κ3) is 2.81. The fourth-order valence-electron chi connectivity index (χ4n) is 1.44. The van der Waals surface area contributed by atoms with Crippen LogP contribution in [0.3, 0.4) is 0 Å². The normalized spacial score (nSPS) is 14.5.